The van der Waals surface area contributed by atoms with Gasteiger partial charge in [-0.2, -0.15) is 0 Å². The van der Waals surface area contributed by atoms with Gasteiger partial charge in [-0.1, -0.05) is 23.8 Å². The number of likely N-dealkylation sites (N-methyl/N-ethyl adjacent to an activating group) is 1. The quantitative estimate of drug-likeness (QED) is 0.906. The number of pyridine rings is 1. The molecule has 0 radical (unpaired) electrons. The Bertz CT molecular complexity index is 581. The van der Waals surface area contributed by atoms with Gasteiger partial charge in [-0.05, 0) is 50.1 Å². The van der Waals surface area contributed by atoms with Crippen LogP contribution < -0.4 is 10.1 Å². The van der Waals surface area contributed by atoms with Crippen LogP contribution in [0.3, 0.4) is 0 Å². The molecular weight excluding hydrogens is 248 g/mol. The SMILES string of the molecule is CNC(Cc1cc(C)ccc1C)c1cncc(OC)c1. The summed E-state index contributed by atoms with van der Waals surface area (Å²) in [6.45, 7) is 4.29. The Hall–Kier alpha value is -1.87. The topological polar surface area (TPSA) is 34.2 Å². The first-order valence-electron chi connectivity index (χ1n) is 6.86. The molecule has 1 atom stereocenters. The number of methoxy groups -OCH3 is 1. The van der Waals surface area contributed by atoms with Crippen LogP contribution in [0.15, 0.2) is 36.7 Å². The number of nitrogens with zero attached hydrogens (tertiary/aromatic N) is 1. The Balaban J connectivity index is 2.26. The Morgan fingerprint density at radius 2 is 2.00 bits per heavy atom. The summed E-state index contributed by atoms with van der Waals surface area (Å²) in [4.78, 5) is 4.24. The Labute approximate surface area is 121 Å². The molecule has 0 spiro atoms. The first-order valence-corrected chi connectivity index (χ1v) is 6.86. The van der Waals surface area contributed by atoms with Gasteiger partial charge in [-0.3, -0.25) is 4.98 Å². The standard InChI is InChI=1S/C17H22N2O/c1-12-5-6-13(2)14(7-12)9-17(18-3)15-8-16(20-4)11-19-10-15/h5-8,10-11,17-18H,9H2,1-4H3. The van der Waals surface area contributed by atoms with Crippen LogP contribution in [0.4, 0.5) is 0 Å². The van der Waals surface area contributed by atoms with E-state index in [9.17, 15) is 0 Å². The molecule has 1 N–H and O–H groups in total. The fourth-order valence-corrected chi connectivity index (χ4v) is 2.36. The molecule has 3 heteroatoms. The van der Waals surface area contributed by atoms with Gasteiger partial charge in [0, 0.05) is 12.2 Å². The minimum atomic E-state index is 0.234. The molecule has 2 rings (SSSR count). The number of aromatic nitrogens is 1. The summed E-state index contributed by atoms with van der Waals surface area (Å²) < 4.78 is 5.25. The highest BCUT2D eigenvalue weighted by Gasteiger charge is 2.13. The molecule has 0 aliphatic rings. The van der Waals surface area contributed by atoms with Gasteiger partial charge in [-0.15, -0.1) is 0 Å². The van der Waals surface area contributed by atoms with Crippen molar-refractivity contribution in [2.45, 2.75) is 26.3 Å². The summed E-state index contributed by atoms with van der Waals surface area (Å²) in [7, 11) is 3.65. The molecule has 1 unspecified atom stereocenters. The van der Waals surface area contributed by atoms with Crippen molar-refractivity contribution in [3.63, 3.8) is 0 Å². The second-order valence-corrected chi connectivity index (χ2v) is 5.13. The second-order valence-electron chi connectivity index (χ2n) is 5.13. The third-order valence-electron chi connectivity index (χ3n) is 3.65. The number of rotatable bonds is 5. The van der Waals surface area contributed by atoms with Crippen molar-refractivity contribution >= 4 is 0 Å². The van der Waals surface area contributed by atoms with E-state index in [1.807, 2.05) is 19.3 Å². The number of hydrogen-bond donors (Lipinski definition) is 1. The van der Waals surface area contributed by atoms with E-state index in [2.05, 4.69) is 42.3 Å². The van der Waals surface area contributed by atoms with Gasteiger partial charge in [0.1, 0.15) is 5.75 Å². The zero-order valence-electron chi connectivity index (χ0n) is 12.6. The summed E-state index contributed by atoms with van der Waals surface area (Å²) in [6, 6.07) is 8.87. The van der Waals surface area contributed by atoms with Crippen LogP contribution in [-0.4, -0.2) is 19.1 Å². The number of aryl methyl sites for hydroxylation is 2. The first-order chi connectivity index (χ1) is 9.63. The Morgan fingerprint density at radius 1 is 1.20 bits per heavy atom. The highest BCUT2D eigenvalue weighted by atomic mass is 16.5. The van der Waals surface area contributed by atoms with Crippen molar-refractivity contribution < 1.29 is 4.74 Å². The van der Waals surface area contributed by atoms with Crippen molar-refractivity contribution in [1.29, 1.82) is 0 Å². The monoisotopic (exact) mass is 270 g/mol. The third kappa shape index (κ3) is 3.36. The van der Waals surface area contributed by atoms with Crippen LogP contribution in [0.2, 0.25) is 0 Å². The maximum atomic E-state index is 5.25. The van der Waals surface area contributed by atoms with Crippen LogP contribution in [-0.2, 0) is 6.42 Å². The predicted molar refractivity (Wildman–Crippen MR) is 82.2 cm³/mol. The molecular formula is C17H22N2O. The van der Waals surface area contributed by atoms with Crippen LogP contribution in [0.1, 0.15) is 28.3 Å². The Kier molecular flexibility index (Phi) is 4.74. The van der Waals surface area contributed by atoms with Crippen LogP contribution in [0, 0.1) is 13.8 Å². The molecule has 1 aromatic carbocycles. The van der Waals surface area contributed by atoms with E-state index < -0.39 is 0 Å². The van der Waals surface area contributed by atoms with Gasteiger partial charge in [-0.25, -0.2) is 0 Å². The summed E-state index contributed by atoms with van der Waals surface area (Å²) in [6.07, 6.45) is 4.57. The van der Waals surface area contributed by atoms with E-state index in [1.54, 1.807) is 13.3 Å². The minimum Gasteiger partial charge on any atom is -0.495 e. The predicted octanol–water partition coefficient (Wildman–Crippen LogP) is 3.21. The van der Waals surface area contributed by atoms with Gasteiger partial charge in [0.15, 0.2) is 0 Å². The fourth-order valence-electron chi connectivity index (χ4n) is 2.36. The summed E-state index contributed by atoms with van der Waals surface area (Å²) >= 11 is 0. The largest absolute Gasteiger partial charge is 0.495 e. The highest BCUT2D eigenvalue weighted by Crippen LogP contribution is 2.23. The zero-order chi connectivity index (χ0) is 14.5. The maximum Gasteiger partial charge on any atom is 0.137 e. The van der Waals surface area contributed by atoms with Crippen molar-refractivity contribution in [3.8, 4) is 5.75 Å². The lowest BCUT2D eigenvalue weighted by atomic mass is 9.95. The van der Waals surface area contributed by atoms with Gasteiger partial charge >= 0.3 is 0 Å². The molecule has 0 saturated heterocycles. The number of hydrogen-bond acceptors (Lipinski definition) is 3. The average Bonchev–Trinajstić information content (AvgIpc) is 2.48. The summed E-state index contributed by atoms with van der Waals surface area (Å²) in [5.41, 5.74) is 5.14. The Morgan fingerprint density at radius 3 is 2.70 bits per heavy atom. The lowest BCUT2D eigenvalue weighted by molar-refractivity contribution is 0.411. The van der Waals surface area contributed by atoms with E-state index in [-0.39, 0.29) is 6.04 Å². The molecule has 0 aliphatic carbocycles. The lowest BCUT2D eigenvalue weighted by Crippen LogP contribution is -2.19. The molecule has 0 fully saturated rings. The molecule has 0 amide bonds. The van der Waals surface area contributed by atoms with E-state index in [0.717, 1.165) is 17.7 Å². The number of ether oxygens (including phenoxy) is 1. The van der Waals surface area contributed by atoms with Crippen molar-refractivity contribution in [2.75, 3.05) is 14.2 Å². The summed E-state index contributed by atoms with van der Waals surface area (Å²) in [5.74, 6) is 0.795. The average molecular weight is 270 g/mol. The van der Waals surface area contributed by atoms with Crippen molar-refractivity contribution in [2.24, 2.45) is 0 Å². The lowest BCUT2D eigenvalue weighted by Gasteiger charge is -2.18. The van der Waals surface area contributed by atoms with Crippen LogP contribution >= 0.6 is 0 Å². The molecule has 3 nitrogen and oxygen atoms in total. The van der Waals surface area contributed by atoms with Crippen LogP contribution in [0.5, 0.6) is 5.75 Å². The maximum absolute atomic E-state index is 5.25. The van der Waals surface area contributed by atoms with Crippen molar-refractivity contribution in [1.82, 2.24) is 10.3 Å². The van der Waals surface area contributed by atoms with E-state index in [4.69, 9.17) is 4.74 Å². The normalized spacial score (nSPS) is 12.2. The molecule has 1 aromatic heterocycles. The molecule has 2 aromatic rings. The van der Waals surface area contributed by atoms with Gasteiger partial charge in [0.2, 0.25) is 0 Å². The van der Waals surface area contributed by atoms with Crippen molar-refractivity contribution in [3.05, 3.63) is 58.9 Å². The highest BCUT2D eigenvalue weighted by molar-refractivity contribution is 5.33. The van der Waals surface area contributed by atoms with E-state index in [1.165, 1.54) is 16.7 Å². The number of nitrogens with one attached hydrogen (secondary N) is 1. The van der Waals surface area contributed by atoms with Gasteiger partial charge in [0.05, 0.1) is 13.3 Å². The zero-order valence-corrected chi connectivity index (χ0v) is 12.6. The summed E-state index contributed by atoms with van der Waals surface area (Å²) in [5, 5.41) is 3.37. The third-order valence-corrected chi connectivity index (χ3v) is 3.65. The molecule has 106 valence electrons. The fraction of sp³-hybridized carbons (Fsp3) is 0.353. The smallest absolute Gasteiger partial charge is 0.137 e. The first kappa shape index (κ1) is 14.5. The van der Waals surface area contributed by atoms with Gasteiger partial charge in [0.25, 0.3) is 0 Å². The molecule has 20 heavy (non-hydrogen) atoms. The van der Waals surface area contributed by atoms with Crippen LogP contribution in [0.25, 0.3) is 0 Å². The van der Waals surface area contributed by atoms with Gasteiger partial charge < -0.3 is 10.1 Å². The van der Waals surface area contributed by atoms with E-state index in [0.29, 0.717) is 0 Å². The molecule has 0 bridgehead atoms. The minimum absolute atomic E-state index is 0.234. The molecule has 1 heterocycles. The second kappa shape index (κ2) is 6.53. The molecule has 0 saturated carbocycles. The molecule has 0 aliphatic heterocycles. The number of benzene rings is 1. The van der Waals surface area contributed by atoms with E-state index >= 15 is 0 Å².